The molecule has 0 fully saturated rings. The van der Waals surface area contributed by atoms with Crippen molar-refractivity contribution in [3.05, 3.63) is 41.6 Å². The predicted octanol–water partition coefficient (Wildman–Crippen LogP) is 2.50. The maximum absolute atomic E-state index is 5.73. The molecule has 0 aliphatic heterocycles. The molecule has 1 heterocycles. The molecule has 0 aliphatic carbocycles. The number of rotatable bonds is 2. The van der Waals surface area contributed by atoms with Crippen LogP contribution < -0.4 is 10.5 Å². The highest BCUT2D eigenvalue weighted by Gasteiger charge is 1.99. The average Bonchev–Trinajstić information content (AvgIpc) is 2.22. The van der Waals surface area contributed by atoms with Crippen LogP contribution in [0.5, 0.6) is 11.8 Å². The van der Waals surface area contributed by atoms with Crippen LogP contribution in [0.1, 0.15) is 0 Å². The van der Waals surface area contributed by atoms with Crippen LogP contribution in [0, 0.1) is 0 Å². The van der Waals surface area contributed by atoms with Gasteiger partial charge in [0.2, 0.25) is 0 Å². The number of ether oxygens (including phenoxy) is 1. The molecule has 0 spiro atoms. The molecule has 2 aromatic rings. The minimum Gasteiger partial charge on any atom is -0.424 e. The highest BCUT2D eigenvalue weighted by molar-refractivity contribution is 6.30. The van der Waals surface area contributed by atoms with Gasteiger partial charge in [0.25, 0.3) is 0 Å². The van der Waals surface area contributed by atoms with Gasteiger partial charge in [0, 0.05) is 11.2 Å². The zero-order valence-electron chi connectivity index (χ0n) is 7.72. The van der Waals surface area contributed by atoms with E-state index in [1.54, 1.807) is 30.3 Å². The first-order chi connectivity index (χ1) is 7.24. The van der Waals surface area contributed by atoms with Gasteiger partial charge in [-0.15, -0.1) is 0 Å². The van der Waals surface area contributed by atoms with Gasteiger partial charge >= 0.3 is 6.01 Å². The minimum atomic E-state index is 0.220. The second kappa shape index (κ2) is 4.14. The molecule has 0 saturated carbocycles. The van der Waals surface area contributed by atoms with Crippen LogP contribution in [0.4, 0.5) is 5.82 Å². The molecular weight excluding hydrogens is 214 g/mol. The molecule has 0 radical (unpaired) electrons. The molecule has 0 atom stereocenters. The second-order valence-corrected chi connectivity index (χ2v) is 3.26. The van der Waals surface area contributed by atoms with E-state index < -0.39 is 0 Å². The normalized spacial score (nSPS) is 9.93. The van der Waals surface area contributed by atoms with E-state index in [0.717, 1.165) is 0 Å². The van der Waals surface area contributed by atoms with Crippen molar-refractivity contribution in [1.82, 2.24) is 9.97 Å². The maximum Gasteiger partial charge on any atom is 0.323 e. The molecule has 0 saturated heterocycles. The number of halogens is 1. The number of hydrogen-bond donors (Lipinski definition) is 1. The lowest BCUT2D eigenvalue weighted by molar-refractivity contribution is 0.443. The number of benzene rings is 1. The first-order valence-corrected chi connectivity index (χ1v) is 4.64. The Balaban J connectivity index is 2.18. The Hall–Kier alpha value is -1.81. The smallest absolute Gasteiger partial charge is 0.323 e. The van der Waals surface area contributed by atoms with E-state index in [0.29, 0.717) is 16.6 Å². The van der Waals surface area contributed by atoms with Gasteiger partial charge in [0.05, 0.1) is 0 Å². The second-order valence-electron chi connectivity index (χ2n) is 2.82. The summed E-state index contributed by atoms with van der Waals surface area (Å²) in [5.74, 6) is 0.985. The summed E-state index contributed by atoms with van der Waals surface area (Å²) in [5, 5.41) is 0.649. The van der Waals surface area contributed by atoms with Crippen molar-refractivity contribution in [3.8, 4) is 11.8 Å². The van der Waals surface area contributed by atoms with Crippen molar-refractivity contribution in [1.29, 1.82) is 0 Å². The van der Waals surface area contributed by atoms with E-state index in [1.165, 1.54) is 6.20 Å². The SMILES string of the molecule is Nc1ccnc(Oc2ccc(Cl)cc2)n1. The van der Waals surface area contributed by atoms with E-state index in [2.05, 4.69) is 9.97 Å². The molecule has 0 aliphatic rings. The molecule has 1 aromatic heterocycles. The number of aromatic nitrogens is 2. The summed E-state index contributed by atoms with van der Waals surface area (Å²) in [4.78, 5) is 7.81. The van der Waals surface area contributed by atoms with E-state index >= 15 is 0 Å². The average molecular weight is 222 g/mol. The lowest BCUT2D eigenvalue weighted by atomic mass is 10.3. The number of anilines is 1. The van der Waals surface area contributed by atoms with Crippen LogP contribution >= 0.6 is 11.6 Å². The minimum absolute atomic E-state index is 0.220. The van der Waals surface area contributed by atoms with Gasteiger partial charge in [-0.1, -0.05) is 11.6 Å². The zero-order valence-corrected chi connectivity index (χ0v) is 8.48. The summed E-state index contributed by atoms with van der Waals surface area (Å²) in [5.41, 5.74) is 5.48. The van der Waals surface area contributed by atoms with E-state index in [9.17, 15) is 0 Å². The van der Waals surface area contributed by atoms with E-state index in [1.807, 2.05) is 0 Å². The van der Waals surface area contributed by atoms with Crippen molar-refractivity contribution in [2.45, 2.75) is 0 Å². The number of nitrogens with zero attached hydrogens (tertiary/aromatic N) is 2. The van der Waals surface area contributed by atoms with E-state index in [-0.39, 0.29) is 6.01 Å². The predicted molar refractivity (Wildman–Crippen MR) is 58.0 cm³/mol. The van der Waals surface area contributed by atoms with Crippen molar-refractivity contribution in [2.24, 2.45) is 0 Å². The summed E-state index contributed by atoms with van der Waals surface area (Å²) < 4.78 is 5.35. The van der Waals surface area contributed by atoms with Gasteiger partial charge in [0.1, 0.15) is 11.6 Å². The summed E-state index contributed by atoms with van der Waals surface area (Å²) in [6.07, 6.45) is 1.54. The number of nitrogen functional groups attached to an aromatic ring is 1. The van der Waals surface area contributed by atoms with Crippen LogP contribution in [0.2, 0.25) is 5.02 Å². The Morgan fingerprint density at radius 2 is 1.87 bits per heavy atom. The summed E-state index contributed by atoms with van der Waals surface area (Å²) in [6, 6.07) is 8.72. The highest BCUT2D eigenvalue weighted by atomic mass is 35.5. The van der Waals surface area contributed by atoms with E-state index in [4.69, 9.17) is 22.1 Å². The first kappa shape index (κ1) is 9.73. The lowest BCUT2D eigenvalue weighted by Gasteiger charge is -2.03. The Bertz CT molecular complexity index is 458. The van der Waals surface area contributed by atoms with Crippen LogP contribution in [0.25, 0.3) is 0 Å². The fraction of sp³-hybridized carbons (Fsp3) is 0. The molecule has 0 unspecified atom stereocenters. The van der Waals surface area contributed by atoms with Crippen LogP contribution in [-0.4, -0.2) is 9.97 Å². The van der Waals surface area contributed by atoms with Gasteiger partial charge in [0.15, 0.2) is 0 Å². The van der Waals surface area contributed by atoms with Gasteiger partial charge in [-0.25, -0.2) is 4.98 Å². The Kier molecular flexibility index (Phi) is 2.69. The van der Waals surface area contributed by atoms with Crippen LogP contribution in [-0.2, 0) is 0 Å². The molecular formula is C10H8ClN3O. The maximum atomic E-state index is 5.73. The van der Waals surface area contributed by atoms with Gasteiger partial charge in [-0.2, -0.15) is 4.98 Å². The van der Waals surface area contributed by atoms with Crippen LogP contribution in [0.3, 0.4) is 0 Å². The Morgan fingerprint density at radius 3 is 2.53 bits per heavy atom. The first-order valence-electron chi connectivity index (χ1n) is 4.26. The van der Waals surface area contributed by atoms with Gasteiger partial charge in [-0.3, -0.25) is 0 Å². The summed E-state index contributed by atoms with van der Waals surface area (Å²) in [7, 11) is 0. The quantitative estimate of drug-likeness (QED) is 0.847. The fourth-order valence-corrected chi connectivity index (χ4v) is 1.14. The van der Waals surface area contributed by atoms with Crippen molar-refractivity contribution in [2.75, 3.05) is 5.73 Å². The molecule has 76 valence electrons. The van der Waals surface area contributed by atoms with Crippen molar-refractivity contribution in [3.63, 3.8) is 0 Å². The standard InChI is InChI=1S/C10H8ClN3O/c11-7-1-3-8(4-2-7)15-10-13-6-5-9(12)14-10/h1-6H,(H2,12,13,14). The highest BCUT2D eigenvalue weighted by Crippen LogP contribution is 2.20. The molecule has 15 heavy (non-hydrogen) atoms. The molecule has 5 heteroatoms. The molecule has 0 bridgehead atoms. The Labute approximate surface area is 91.7 Å². The molecule has 1 aromatic carbocycles. The monoisotopic (exact) mass is 221 g/mol. The number of nitrogens with two attached hydrogens (primary N) is 1. The lowest BCUT2D eigenvalue weighted by Crippen LogP contribution is -1.95. The van der Waals surface area contributed by atoms with Crippen molar-refractivity contribution < 1.29 is 4.74 Å². The fourth-order valence-electron chi connectivity index (χ4n) is 1.01. The largest absolute Gasteiger partial charge is 0.424 e. The number of hydrogen-bond acceptors (Lipinski definition) is 4. The summed E-state index contributed by atoms with van der Waals surface area (Å²) >= 11 is 5.73. The zero-order chi connectivity index (χ0) is 10.7. The topological polar surface area (TPSA) is 61.0 Å². The molecule has 2 N–H and O–H groups in total. The van der Waals surface area contributed by atoms with Crippen LogP contribution in [0.15, 0.2) is 36.5 Å². The van der Waals surface area contributed by atoms with Crippen molar-refractivity contribution >= 4 is 17.4 Å². The summed E-state index contributed by atoms with van der Waals surface area (Å²) in [6.45, 7) is 0. The molecule has 0 amide bonds. The molecule has 2 rings (SSSR count). The molecule has 4 nitrogen and oxygen atoms in total. The third kappa shape index (κ3) is 2.57. The third-order valence-electron chi connectivity index (χ3n) is 1.68. The van der Waals surface area contributed by atoms with Gasteiger partial charge < -0.3 is 10.5 Å². The Morgan fingerprint density at radius 1 is 1.13 bits per heavy atom. The van der Waals surface area contributed by atoms with Gasteiger partial charge in [-0.05, 0) is 30.3 Å². The third-order valence-corrected chi connectivity index (χ3v) is 1.93.